The predicted octanol–water partition coefficient (Wildman–Crippen LogP) is 5.43. The van der Waals surface area contributed by atoms with Crippen LogP contribution in [-0.2, 0) is 16.0 Å². The molecule has 1 saturated heterocycles. The molecule has 0 saturated carbocycles. The van der Waals surface area contributed by atoms with Crippen molar-refractivity contribution < 1.29 is 18.7 Å². The second-order valence-corrected chi connectivity index (χ2v) is 9.53. The lowest BCUT2D eigenvalue weighted by molar-refractivity contribution is -0.123. The fraction of sp³-hybridized carbons (Fsp3) is 0.536. The molecule has 3 rings (SSSR count). The van der Waals surface area contributed by atoms with E-state index in [1.165, 1.54) is 17.7 Å². The van der Waals surface area contributed by atoms with E-state index in [1.807, 2.05) is 12.1 Å². The molecule has 1 atom stereocenters. The summed E-state index contributed by atoms with van der Waals surface area (Å²) < 4.78 is 24.2. The summed E-state index contributed by atoms with van der Waals surface area (Å²) in [7, 11) is 1.68. The highest BCUT2D eigenvalue weighted by Crippen LogP contribution is 2.25. The highest BCUT2D eigenvalue weighted by atomic mass is 35.5. The number of methoxy groups -OCH3 is 1. The van der Waals surface area contributed by atoms with Gasteiger partial charge in [-0.05, 0) is 73.5 Å². The van der Waals surface area contributed by atoms with Gasteiger partial charge in [0, 0.05) is 20.1 Å². The molecule has 0 aliphatic carbocycles. The number of halogens is 2. The summed E-state index contributed by atoms with van der Waals surface area (Å²) >= 11 is 0. The minimum atomic E-state index is -0.258. The Labute approximate surface area is 215 Å². The number of hydrogen-bond donors (Lipinski definition) is 1. The Bertz CT molecular complexity index is 886. The van der Waals surface area contributed by atoms with Gasteiger partial charge in [-0.3, -0.25) is 4.79 Å². The average Bonchev–Trinajstić information content (AvgIpc) is 2.83. The summed E-state index contributed by atoms with van der Waals surface area (Å²) in [6.45, 7) is 8.30. The maximum absolute atomic E-state index is 13.3. The van der Waals surface area contributed by atoms with E-state index in [0.717, 1.165) is 50.2 Å². The van der Waals surface area contributed by atoms with Crippen molar-refractivity contribution in [2.75, 3.05) is 40.0 Å². The maximum Gasteiger partial charge on any atom is 0.220 e. The molecule has 0 aromatic heterocycles. The van der Waals surface area contributed by atoms with Gasteiger partial charge in [0.1, 0.15) is 18.2 Å². The molecule has 0 bridgehead atoms. The zero-order chi connectivity index (χ0) is 24.3. The molecule has 0 unspecified atom stereocenters. The fourth-order valence-electron chi connectivity index (χ4n) is 4.58. The molecule has 2 aromatic carbocycles. The van der Waals surface area contributed by atoms with Crippen molar-refractivity contribution in [3.05, 3.63) is 65.5 Å². The van der Waals surface area contributed by atoms with Crippen LogP contribution >= 0.6 is 12.4 Å². The van der Waals surface area contributed by atoms with Gasteiger partial charge in [-0.15, -0.1) is 12.4 Å². The largest absolute Gasteiger partial charge is 0.491 e. The first-order valence-electron chi connectivity index (χ1n) is 12.4. The van der Waals surface area contributed by atoms with Crippen LogP contribution in [0.1, 0.15) is 50.3 Å². The topological polar surface area (TPSA) is 50.8 Å². The lowest BCUT2D eigenvalue weighted by Crippen LogP contribution is -2.38. The van der Waals surface area contributed by atoms with Gasteiger partial charge in [0.15, 0.2) is 0 Å². The smallest absolute Gasteiger partial charge is 0.220 e. The van der Waals surface area contributed by atoms with Crippen molar-refractivity contribution in [1.29, 1.82) is 0 Å². The zero-order valence-corrected chi connectivity index (χ0v) is 22.0. The molecular weight excluding hydrogens is 467 g/mol. The summed E-state index contributed by atoms with van der Waals surface area (Å²) in [5.74, 6) is 1.40. The third kappa shape index (κ3) is 9.43. The van der Waals surface area contributed by atoms with Gasteiger partial charge < -0.3 is 19.7 Å². The Hall–Kier alpha value is -2.15. The first-order valence-corrected chi connectivity index (χ1v) is 12.4. The lowest BCUT2D eigenvalue weighted by atomic mass is 9.91. The van der Waals surface area contributed by atoms with E-state index in [9.17, 15) is 9.18 Å². The van der Waals surface area contributed by atoms with Gasteiger partial charge >= 0.3 is 0 Å². The third-order valence-corrected chi connectivity index (χ3v) is 6.61. The van der Waals surface area contributed by atoms with Crippen LogP contribution in [0.25, 0.3) is 0 Å². The minimum absolute atomic E-state index is 0. The highest BCUT2D eigenvalue weighted by Gasteiger charge is 2.24. The molecular formula is C28H40ClFN2O3. The number of carbonyl (C=O) groups is 1. The molecule has 7 heteroatoms. The number of nitrogens with one attached hydrogen (secondary N) is 1. The molecule has 1 aliphatic heterocycles. The number of benzene rings is 2. The Morgan fingerprint density at radius 1 is 1.09 bits per heavy atom. The molecule has 1 amide bonds. The van der Waals surface area contributed by atoms with Gasteiger partial charge in [0.2, 0.25) is 5.91 Å². The Balaban J connectivity index is 0.00000432. The molecule has 0 radical (unpaired) electrons. The van der Waals surface area contributed by atoms with Crippen LogP contribution in [0.2, 0.25) is 0 Å². The third-order valence-electron chi connectivity index (χ3n) is 6.61. The van der Waals surface area contributed by atoms with E-state index in [0.29, 0.717) is 25.6 Å². The normalized spacial score (nSPS) is 15.5. The van der Waals surface area contributed by atoms with E-state index >= 15 is 0 Å². The van der Waals surface area contributed by atoms with Crippen molar-refractivity contribution in [3.8, 4) is 5.75 Å². The molecule has 2 aromatic rings. The average molecular weight is 507 g/mol. The van der Waals surface area contributed by atoms with Crippen LogP contribution in [0.15, 0.2) is 48.5 Å². The monoisotopic (exact) mass is 506 g/mol. The number of hydrogen-bond acceptors (Lipinski definition) is 4. The SMILES string of the molecule is COCCOc1ccccc1CCN1CCC(CC(=O)N[C@@H](c2ccc(F)cc2)C(C)C)CC1.Cl. The molecule has 35 heavy (non-hydrogen) atoms. The first kappa shape index (κ1) is 29.1. The first-order chi connectivity index (χ1) is 16.5. The van der Waals surface area contributed by atoms with Crippen molar-refractivity contribution in [1.82, 2.24) is 10.2 Å². The summed E-state index contributed by atoms with van der Waals surface area (Å²) in [6, 6.07) is 14.5. The van der Waals surface area contributed by atoms with E-state index in [4.69, 9.17) is 9.47 Å². The summed E-state index contributed by atoms with van der Waals surface area (Å²) in [6.07, 6.45) is 3.56. The van der Waals surface area contributed by atoms with Gasteiger partial charge in [-0.2, -0.15) is 0 Å². The van der Waals surface area contributed by atoms with E-state index in [-0.39, 0.29) is 36.1 Å². The number of carbonyl (C=O) groups excluding carboxylic acids is 1. The fourth-order valence-corrected chi connectivity index (χ4v) is 4.58. The number of rotatable bonds is 12. The quantitative estimate of drug-likeness (QED) is 0.390. The Morgan fingerprint density at radius 2 is 1.77 bits per heavy atom. The van der Waals surface area contributed by atoms with E-state index < -0.39 is 0 Å². The summed E-state index contributed by atoms with van der Waals surface area (Å²) in [5.41, 5.74) is 2.17. The summed E-state index contributed by atoms with van der Waals surface area (Å²) in [5, 5.41) is 3.19. The molecule has 0 spiro atoms. The number of nitrogens with zero attached hydrogens (tertiary/aromatic N) is 1. The number of para-hydroxylation sites is 1. The van der Waals surface area contributed by atoms with Gasteiger partial charge in [-0.25, -0.2) is 4.39 Å². The molecule has 194 valence electrons. The van der Waals surface area contributed by atoms with Crippen LogP contribution in [0.4, 0.5) is 4.39 Å². The van der Waals surface area contributed by atoms with E-state index in [2.05, 4.69) is 36.2 Å². The van der Waals surface area contributed by atoms with Crippen molar-refractivity contribution in [3.63, 3.8) is 0 Å². The van der Waals surface area contributed by atoms with Crippen LogP contribution < -0.4 is 10.1 Å². The van der Waals surface area contributed by atoms with Crippen LogP contribution in [0.3, 0.4) is 0 Å². The maximum atomic E-state index is 13.3. The van der Waals surface area contributed by atoms with Crippen molar-refractivity contribution >= 4 is 18.3 Å². The second kappa shape index (κ2) is 15.1. The molecule has 1 fully saturated rings. The number of ether oxygens (including phenoxy) is 2. The van der Waals surface area contributed by atoms with Crippen molar-refractivity contribution in [2.45, 2.75) is 45.6 Å². The number of piperidine rings is 1. The number of amides is 1. The minimum Gasteiger partial charge on any atom is -0.491 e. The Kier molecular flexibility index (Phi) is 12.5. The standard InChI is InChI=1S/C28H39FN2O3.ClH/c1-21(2)28(24-8-10-25(29)11-9-24)30-27(32)20-22-12-15-31(16-13-22)17-14-23-6-4-5-7-26(23)34-19-18-33-3;/h4-11,21-22,28H,12-20H2,1-3H3,(H,30,32);1H/t28-;/m1./s1. The van der Waals surface area contributed by atoms with Gasteiger partial charge in [0.05, 0.1) is 12.6 Å². The molecule has 5 nitrogen and oxygen atoms in total. The number of likely N-dealkylation sites (tertiary alicyclic amines) is 1. The summed E-state index contributed by atoms with van der Waals surface area (Å²) in [4.78, 5) is 15.3. The second-order valence-electron chi connectivity index (χ2n) is 9.53. The predicted molar refractivity (Wildman–Crippen MR) is 141 cm³/mol. The van der Waals surface area contributed by atoms with E-state index in [1.54, 1.807) is 19.2 Å². The van der Waals surface area contributed by atoms with Crippen LogP contribution in [0.5, 0.6) is 5.75 Å². The zero-order valence-electron chi connectivity index (χ0n) is 21.2. The molecule has 1 aliphatic rings. The molecule has 1 heterocycles. The Morgan fingerprint density at radius 3 is 2.43 bits per heavy atom. The van der Waals surface area contributed by atoms with Crippen LogP contribution in [-0.4, -0.2) is 50.8 Å². The van der Waals surface area contributed by atoms with Gasteiger partial charge in [0.25, 0.3) is 0 Å². The van der Waals surface area contributed by atoms with Gasteiger partial charge in [-0.1, -0.05) is 44.2 Å². The lowest BCUT2D eigenvalue weighted by Gasteiger charge is -2.32. The highest BCUT2D eigenvalue weighted by molar-refractivity contribution is 5.85. The van der Waals surface area contributed by atoms with Crippen LogP contribution in [0, 0.1) is 17.7 Å². The molecule has 1 N–H and O–H groups in total. The van der Waals surface area contributed by atoms with Crippen molar-refractivity contribution in [2.24, 2.45) is 11.8 Å².